The molecule has 0 unspecified atom stereocenters. The lowest BCUT2D eigenvalue weighted by Gasteiger charge is -2.24. The molecule has 1 aromatic rings. The Bertz CT molecular complexity index is 588. The Morgan fingerprint density at radius 1 is 1.15 bits per heavy atom. The molecular weight excluding hydrogens is 332 g/mol. The fraction of sp³-hybridized carbons (Fsp3) is 0.600. The van der Waals surface area contributed by atoms with Crippen molar-refractivity contribution in [2.75, 3.05) is 40.9 Å². The van der Waals surface area contributed by atoms with Gasteiger partial charge in [0.1, 0.15) is 5.75 Å². The smallest absolute Gasteiger partial charge is 0.305 e. The predicted octanol–water partition coefficient (Wildman–Crippen LogP) is 2.32. The molecule has 1 saturated heterocycles. The van der Waals surface area contributed by atoms with Gasteiger partial charge in [0.25, 0.3) is 0 Å². The molecule has 0 saturated carbocycles. The minimum Gasteiger partial charge on any atom is -0.497 e. The van der Waals surface area contributed by atoms with Crippen LogP contribution in [0.2, 0.25) is 0 Å². The van der Waals surface area contributed by atoms with Gasteiger partial charge in [0.15, 0.2) is 0 Å². The van der Waals surface area contributed by atoms with Crippen LogP contribution in [-0.4, -0.2) is 62.6 Å². The van der Waals surface area contributed by atoms with Crippen LogP contribution in [0.25, 0.3) is 0 Å². The lowest BCUT2D eigenvalue weighted by atomic mass is 9.97. The van der Waals surface area contributed by atoms with Gasteiger partial charge in [-0.2, -0.15) is 0 Å². The van der Waals surface area contributed by atoms with Gasteiger partial charge in [0.2, 0.25) is 5.91 Å². The van der Waals surface area contributed by atoms with Gasteiger partial charge in [-0.3, -0.25) is 14.5 Å². The fourth-order valence-corrected chi connectivity index (χ4v) is 3.31. The highest BCUT2D eigenvalue weighted by atomic mass is 16.5. The molecule has 1 heterocycles. The summed E-state index contributed by atoms with van der Waals surface area (Å²) >= 11 is 0. The molecule has 1 aliphatic rings. The minimum atomic E-state index is -0.140. The fourth-order valence-electron chi connectivity index (χ4n) is 3.31. The average molecular weight is 362 g/mol. The van der Waals surface area contributed by atoms with E-state index in [0.29, 0.717) is 25.4 Å². The second-order valence-corrected chi connectivity index (χ2v) is 6.95. The van der Waals surface area contributed by atoms with Crippen LogP contribution in [0.15, 0.2) is 24.3 Å². The van der Waals surface area contributed by atoms with E-state index >= 15 is 0 Å². The molecule has 1 aliphatic heterocycles. The third-order valence-electron chi connectivity index (χ3n) is 4.99. The number of rotatable bonds is 7. The third kappa shape index (κ3) is 6.33. The number of esters is 1. The summed E-state index contributed by atoms with van der Waals surface area (Å²) in [6, 6.07) is 7.77. The highest BCUT2D eigenvalue weighted by Crippen LogP contribution is 2.21. The van der Waals surface area contributed by atoms with Crippen molar-refractivity contribution in [1.82, 2.24) is 9.80 Å². The van der Waals surface area contributed by atoms with Crippen molar-refractivity contribution in [2.24, 2.45) is 5.92 Å². The summed E-state index contributed by atoms with van der Waals surface area (Å²) in [6.45, 7) is 2.77. The minimum absolute atomic E-state index is 0.118. The maximum absolute atomic E-state index is 12.5. The van der Waals surface area contributed by atoms with Gasteiger partial charge in [0, 0.05) is 20.0 Å². The molecule has 0 aromatic heterocycles. The summed E-state index contributed by atoms with van der Waals surface area (Å²) in [5.41, 5.74) is 1.08. The largest absolute Gasteiger partial charge is 0.497 e. The van der Waals surface area contributed by atoms with E-state index in [0.717, 1.165) is 43.7 Å². The highest BCUT2D eigenvalue weighted by Gasteiger charge is 2.22. The summed E-state index contributed by atoms with van der Waals surface area (Å²) in [5, 5.41) is 0. The van der Waals surface area contributed by atoms with E-state index in [9.17, 15) is 9.59 Å². The van der Waals surface area contributed by atoms with Gasteiger partial charge < -0.3 is 14.4 Å². The van der Waals surface area contributed by atoms with Crippen LogP contribution in [-0.2, 0) is 20.9 Å². The van der Waals surface area contributed by atoms with Crippen LogP contribution in [0.1, 0.15) is 31.2 Å². The standard InChI is InChI=1S/C20H30N2O4/c1-21(14-17-6-8-18(25-2)9-7-17)19(23)15-22-11-4-5-16(10-12-22)13-20(24)26-3/h6-9,16H,4-5,10-15H2,1-3H3/t16-/m1/s1. The van der Waals surface area contributed by atoms with Gasteiger partial charge >= 0.3 is 5.97 Å². The molecule has 1 atom stereocenters. The van der Waals surface area contributed by atoms with Crippen LogP contribution in [0.5, 0.6) is 5.75 Å². The zero-order chi connectivity index (χ0) is 18.9. The lowest BCUT2D eigenvalue weighted by Crippen LogP contribution is -2.38. The molecule has 6 nitrogen and oxygen atoms in total. The van der Waals surface area contributed by atoms with Crippen molar-refractivity contribution in [3.63, 3.8) is 0 Å². The van der Waals surface area contributed by atoms with Gasteiger partial charge in [-0.05, 0) is 56.0 Å². The first-order chi connectivity index (χ1) is 12.5. The van der Waals surface area contributed by atoms with E-state index in [1.54, 1.807) is 12.0 Å². The summed E-state index contributed by atoms with van der Waals surface area (Å²) in [5.74, 6) is 1.15. The molecule has 1 amide bonds. The van der Waals surface area contributed by atoms with Crippen LogP contribution < -0.4 is 4.74 Å². The molecule has 26 heavy (non-hydrogen) atoms. The highest BCUT2D eigenvalue weighted by molar-refractivity contribution is 5.78. The third-order valence-corrected chi connectivity index (χ3v) is 4.99. The molecule has 0 aliphatic carbocycles. The topological polar surface area (TPSA) is 59.1 Å². The van der Waals surface area contributed by atoms with Gasteiger partial charge in [-0.25, -0.2) is 0 Å². The van der Waals surface area contributed by atoms with Gasteiger partial charge in [-0.15, -0.1) is 0 Å². The number of likely N-dealkylation sites (N-methyl/N-ethyl adjacent to an activating group) is 1. The molecule has 0 radical (unpaired) electrons. The van der Waals surface area contributed by atoms with E-state index in [1.165, 1.54) is 7.11 Å². The van der Waals surface area contributed by atoms with Crippen LogP contribution >= 0.6 is 0 Å². The van der Waals surface area contributed by atoms with E-state index in [4.69, 9.17) is 9.47 Å². The zero-order valence-corrected chi connectivity index (χ0v) is 16.1. The Hall–Kier alpha value is -2.08. The first-order valence-electron chi connectivity index (χ1n) is 9.18. The van der Waals surface area contributed by atoms with Gasteiger partial charge in [-0.1, -0.05) is 12.1 Å². The van der Waals surface area contributed by atoms with Crippen molar-refractivity contribution in [2.45, 2.75) is 32.2 Å². The number of methoxy groups -OCH3 is 2. The molecule has 0 bridgehead atoms. The SMILES string of the molecule is COC(=O)C[C@@H]1CCCN(CC(=O)N(C)Cc2ccc(OC)cc2)CC1. The molecule has 144 valence electrons. The summed E-state index contributed by atoms with van der Waals surface area (Å²) in [6.07, 6.45) is 3.44. The van der Waals surface area contributed by atoms with E-state index in [-0.39, 0.29) is 11.9 Å². The molecule has 1 fully saturated rings. The van der Waals surface area contributed by atoms with Crippen LogP contribution in [0.3, 0.4) is 0 Å². The molecule has 2 rings (SSSR count). The number of carbonyl (C=O) groups excluding carboxylic acids is 2. The van der Waals surface area contributed by atoms with Crippen molar-refractivity contribution in [3.05, 3.63) is 29.8 Å². The first kappa shape index (κ1) is 20.2. The van der Waals surface area contributed by atoms with Crippen LogP contribution in [0, 0.1) is 5.92 Å². The van der Waals surface area contributed by atoms with E-state index in [2.05, 4.69) is 4.90 Å². The van der Waals surface area contributed by atoms with Crippen LogP contribution in [0.4, 0.5) is 0 Å². The summed E-state index contributed by atoms with van der Waals surface area (Å²) in [7, 11) is 4.91. The Kier molecular flexibility index (Phi) is 7.91. The van der Waals surface area contributed by atoms with E-state index < -0.39 is 0 Å². The average Bonchev–Trinajstić information content (AvgIpc) is 2.87. The number of amides is 1. The monoisotopic (exact) mass is 362 g/mol. The number of ether oxygens (including phenoxy) is 2. The Morgan fingerprint density at radius 3 is 2.54 bits per heavy atom. The van der Waals surface area contributed by atoms with Gasteiger partial charge in [0.05, 0.1) is 20.8 Å². The number of carbonyl (C=O) groups is 2. The van der Waals surface area contributed by atoms with Crippen molar-refractivity contribution in [1.29, 1.82) is 0 Å². The van der Waals surface area contributed by atoms with Crippen molar-refractivity contribution < 1.29 is 19.1 Å². The molecule has 1 aromatic carbocycles. The Balaban J connectivity index is 1.79. The Morgan fingerprint density at radius 2 is 1.88 bits per heavy atom. The zero-order valence-electron chi connectivity index (χ0n) is 16.1. The van der Waals surface area contributed by atoms with E-state index in [1.807, 2.05) is 31.3 Å². The van der Waals surface area contributed by atoms with Crippen molar-refractivity contribution >= 4 is 11.9 Å². The number of hydrogen-bond acceptors (Lipinski definition) is 5. The normalized spacial score (nSPS) is 18.0. The molecular formula is C20H30N2O4. The Labute approximate surface area is 156 Å². The molecule has 0 N–H and O–H groups in total. The predicted molar refractivity (Wildman–Crippen MR) is 99.9 cm³/mol. The second-order valence-electron chi connectivity index (χ2n) is 6.95. The first-order valence-corrected chi connectivity index (χ1v) is 9.18. The quantitative estimate of drug-likeness (QED) is 0.697. The lowest BCUT2D eigenvalue weighted by molar-refractivity contribution is -0.141. The van der Waals surface area contributed by atoms with Crippen molar-refractivity contribution in [3.8, 4) is 5.75 Å². The number of hydrogen-bond donors (Lipinski definition) is 0. The summed E-state index contributed by atoms with van der Waals surface area (Å²) < 4.78 is 9.92. The molecule has 0 spiro atoms. The molecule has 6 heteroatoms. The number of benzene rings is 1. The second kappa shape index (κ2) is 10.2. The maximum atomic E-state index is 12.5. The maximum Gasteiger partial charge on any atom is 0.305 e. The summed E-state index contributed by atoms with van der Waals surface area (Å²) in [4.78, 5) is 28.0. The number of nitrogens with zero attached hydrogens (tertiary/aromatic N) is 2. The number of likely N-dealkylation sites (tertiary alicyclic amines) is 1.